The molecule has 8 heteroatoms. The molecule has 0 fully saturated rings. The summed E-state index contributed by atoms with van der Waals surface area (Å²) in [5, 5.41) is 12.9. The molecular formula is C29H30N4O4. The number of hydrogen-bond acceptors (Lipinski definition) is 6. The third-order valence-corrected chi connectivity index (χ3v) is 6.07. The monoisotopic (exact) mass is 498 g/mol. The van der Waals surface area contributed by atoms with E-state index in [2.05, 4.69) is 10.3 Å². The third-order valence-electron chi connectivity index (χ3n) is 6.07. The lowest BCUT2D eigenvalue weighted by atomic mass is 10.0. The van der Waals surface area contributed by atoms with Gasteiger partial charge < -0.3 is 15.0 Å². The van der Waals surface area contributed by atoms with E-state index in [-0.39, 0.29) is 12.3 Å². The van der Waals surface area contributed by atoms with E-state index in [0.717, 1.165) is 33.4 Å². The van der Waals surface area contributed by atoms with Gasteiger partial charge in [-0.2, -0.15) is 0 Å². The molecule has 0 saturated carbocycles. The lowest BCUT2D eigenvalue weighted by Gasteiger charge is -2.20. The smallest absolute Gasteiger partial charge is 0.251 e. The van der Waals surface area contributed by atoms with Crippen molar-refractivity contribution in [3.63, 3.8) is 0 Å². The second-order valence-electron chi connectivity index (χ2n) is 9.00. The maximum absolute atomic E-state index is 13.0. The molecule has 3 N–H and O–H groups in total. The number of para-hydroxylation sites is 1. The number of nitrogens with one attached hydrogen (secondary N) is 2. The Labute approximate surface area is 215 Å². The van der Waals surface area contributed by atoms with Crippen LogP contribution in [0.4, 0.5) is 5.69 Å². The van der Waals surface area contributed by atoms with E-state index < -0.39 is 11.9 Å². The molecule has 0 aliphatic rings. The second kappa shape index (κ2) is 11.5. The lowest BCUT2D eigenvalue weighted by molar-refractivity contribution is -0.129. The molecule has 0 saturated heterocycles. The van der Waals surface area contributed by atoms with Crippen LogP contribution in [0.25, 0.3) is 10.9 Å². The fourth-order valence-electron chi connectivity index (χ4n) is 4.11. The molecule has 1 atom stereocenters. The molecule has 1 aromatic heterocycles. The summed E-state index contributed by atoms with van der Waals surface area (Å²) in [4.78, 5) is 31.4. The van der Waals surface area contributed by atoms with Gasteiger partial charge in [0, 0.05) is 42.0 Å². The Balaban J connectivity index is 1.44. The van der Waals surface area contributed by atoms with Gasteiger partial charge in [0.2, 0.25) is 5.91 Å². The minimum atomic E-state index is -0.616. The first-order chi connectivity index (χ1) is 17.8. The Hall–Kier alpha value is -4.43. The number of hydrogen-bond donors (Lipinski definition) is 3. The number of benzene rings is 3. The molecule has 4 rings (SSSR count). The van der Waals surface area contributed by atoms with Crippen molar-refractivity contribution in [3.05, 3.63) is 101 Å². The molecule has 2 amide bonds. The molecule has 0 aliphatic carbocycles. The fourth-order valence-corrected chi connectivity index (χ4v) is 4.11. The van der Waals surface area contributed by atoms with Gasteiger partial charge >= 0.3 is 0 Å². The number of nitrogens with zero attached hydrogens (tertiary/aromatic N) is 2. The Morgan fingerprint density at radius 3 is 2.38 bits per heavy atom. The van der Waals surface area contributed by atoms with Gasteiger partial charge in [0.05, 0.1) is 18.0 Å². The second-order valence-corrected chi connectivity index (χ2v) is 9.00. The van der Waals surface area contributed by atoms with Gasteiger partial charge in [0.15, 0.2) is 0 Å². The predicted octanol–water partition coefficient (Wildman–Crippen LogP) is 4.55. The Morgan fingerprint density at radius 2 is 1.70 bits per heavy atom. The number of fused-ring (bicyclic) bond motifs is 1. The highest BCUT2D eigenvalue weighted by atomic mass is 16.5. The lowest BCUT2D eigenvalue weighted by Crippen LogP contribution is -2.33. The number of carbonyl (C=O) groups is 2. The van der Waals surface area contributed by atoms with Crippen molar-refractivity contribution in [2.24, 2.45) is 0 Å². The number of pyridine rings is 1. The topological polar surface area (TPSA) is 104 Å². The molecule has 3 aromatic carbocycles. The zero-order chi connectivity index (χ0) is 26.4. The highest BCUT2D eigenvalue weighted by molar-refractivity contribution is 5.95. The summed E-state index contributed by atoms with van der Waals surface area (Å²) in [6, 6.07) is 23.7. The van der Waals surface area contributed by atoms with Crippen LogP contribution in [0, 0.1) is 6.92 Å². The first-order valence-corrected chi connectivity index (χ1v) is 11.9. The first kappa shape index (κ1) is 25.7. The SMILES string of the molecule is Cc1cc(COc2ccc(C(=O)NC(CC(=O)NO)c3ccc(N(C)C)cc3)cc2)c2ccccc2n1. The van der Waals surface area contributed by atoms with Gasteiger partial charge in [0.25, 0.3) is 5.91 Å². The van der Waals surface area contributed by atoms with E-state index in [1.165, 1.54) is 0 Å². The summed E-state index contributed by atoms with van der Waals surface area (Å²) in [7, 11) is 3.86. The summed E-state index contributed by atoms with van der Waals surface area (Å²) in [6.45, 7) is 2.33. The number of aryl methyl sites for hydroxylation is 1. The third kappa shape index (κ3) is 6.42. The number of aromatic nitrogens is 1. The van der Waals surface area contributed by atoms with Gasteiger partial charge in [-0.3, -0.25) is 19.8 Å². The predicted molar refractivity (Wildman–Crippen MR) is 143 cm³/mol. The summed E-state index contributed by atoms with van der Waals surface area (Å²) in [6.07, 6.45) is -0.107. The quantitative estimate of drug-likeness (QED) is 0.231. The highest BCUT2D eigenvalue weighted by Gasteiger charge is 2.19. The zero-order valence-electron chi connectivity index (χ0n) is 21.1. The molecule has 0 spiro atoms. The number of ether oxygens (including phenoxy) is 1. The molecular weight excluding hydrogens is 468 g/mol. The van der Waals surface area contributed by atoms with Crippen LogP contribution in [0.1, 0.15) is 39.6 Å². The van der Waals surface area contributed by atoms with Crippen molar-refractivity contribution in [1.29, 1.82) is 0 Å². The molecule has 0 aliphatic heterocycles. The molecule has 4 aromatic rings. The average molecular weight is 499 g/mol. The van der Waals surface area contributed by atoms with E-state index in [1.54, 1.807) is 29.7 Å². The zero-order valence-corrected chi connectivity index (χ0v) is 21.1. The highest BCUT2D eigenvalue weighted by Crippen LogP contribution is 2.23. The van der Waals surface area contributed by atoms with Gasteiger partial charge in [0.1, 0.15) is 12.4 Å². The minimum Gasteiger partial charge on any atom is -0.489 e. The maximum Gasteiger partial charge on any atom is 0.251 e. The fraction of sp³-hybridized carbons (Fsp3) is 0.207. The van der Waals surface area contributed by atoms with Gasteiger partial charge in [-0.25, -0.2) is 5.48 Å². The maximum atomic E-state index is 13.0. The van der Waals surface area contributed by atoms with Crippen LogP contribution in [0.5, 0.6) is 5.75 Å². The van der Waals surface area contributed by atoms with Crippen molar-refractivity contribution in [3.8, 4) is 5.75 Å². The molecule has 1 unspecified atom stereocenters. The largest absolute Gasteiger partial charge is 0.489 e. The molecule has 0 bridgehead atoms. The van der Waals surface area contributed by atoms with E-state index >= 15 is 0 Å². The van der Waals surface area contributed by atoms with E-state index in [0.29, 0.717) is 17.9 Å². The van der Waals surface area contributed by atoms with Crippen molar-refractivity contribution in [1.82, 2.24) is 15.8 Å². The molecule has 190 valence electrons. The van der Waals surface area contributed by atoms with Crippen LogP contribution in [-0.4, -0.2) is 36.1 Å². The molecule has 0 radical (unpaired) electrons. The summed E-state index contributed by atoms with van der Waals surface area (Å²) in [5.41, 5.74) is 6.69. The van der Waals surface area contributed by atoms with Crippen LogP contribution >= 0.6 is 0 Å². The Bertz CT molecular complexity index is 1390. The number of carbonyl (C=O) groups excluding carboxylic acids is 2. The Morgan fingerprint density at radius 1 is 1.00 bits per heavy atom. The van der Waals surface area contributed by atoms with E-state index in [1.807, 2.05) is 80.5 Å². The number of amides is 2. The summed E-state index contributed by atoms with van der Waals surface area (Å²) < 4.78 is 5.99. The van der Waals surface area contributed by atoms with Crippen LogP contribution in [0.3, 0.4) is 0 Å². The van der Waals surface area contributed by atoms with Gasteiger partial charge in [-0.05, 0) is 61.0 Å². The normalized spacial score (nSPS) is 11.6. The molecule has 1 heterocycles. The van der Waals surface area contributed by atoms with Crippen LogP contribution < -0.4 is 20.4 Å². The van der Waals surface area contributed by atoms with Crippen molar-refractivity contribution in [2.45, 2.75) is 26.0 Å². The van der Waals surface area contributed by atoms with Crippen LogP contribution in [-0.2, 0) is 11.4 Å². The summed E-state index contributed by atoms with van der Waals surface area (Å²) in [5.74, 6) is -0.301. The van der Waals surface area contributed by atoms with Gasteiger partial charge in [-0.15, -0.1) is 0 Å². The number of hydroxylamine groups is 1. The molecule has 8 nitrogen and oxygen atoms in total. The Kier molecular flexibility index (Phi) is 8.00. The van der Waals surface area contributed by atoms with Gasteiger partial charge in [-0.1, -0.05) is 30.3 Å². The number of anilines is 1. The summed E-state index contributed by atoms with van der Waals surface area (Å²) >= 11 is 0. The van der Waals surface area contributed by atoms with Crippen LogP contribution in [0.15, 0.2) is 78.9 Å². The first-order valence-electron chi connectivity index (χ1n) is 11.9. The van der Waals surface area contributed by atoms with Crippen molar-refractivity contribution < 1.29 is 19.5 Å². The van der Waals surface area contributed by atoms with Crippen LogP contribution in [0.2, 0.25) is 0 Å². The standard InChI is InChI=1S/C29H30N4O4/c1-19-16-22(25-6-4-5-7-26(25)30-19)18-37-24-14-10-21(11-15-24)29(35)31-27(17-28(34)32-36)20-8-12-23(13-9-20)33(2)3/h4-16,27,36H,17-18H2,1-3H3,(H,31,35)(H,32,34). The van der Waals surface area contributed by atoms with E-state index in [9.17, 15) is 9.59 Å². The molecule has 37 heavy (non-hydrogen) atoms. The minimum absolute atomic E-state index is 0.107. The van der Waals surface area contributed by atoms with Crippen molar-refractivity contribution >= 4 is 28.4 Å². The van der Waals surface area contributed by atoms with Crippen molar-refractivity contribution in [2.75, 3.05) is 19.0 Å². The number of rotatable bonds is 9. The average Bonchev–Trinajstić information content (AvgIpc) is 2.91. The van der Waals surface area contributed by atoms with E-state index in [4.69, 9.17) is 9.94 Å².